The van der Waals surface area contributed by atoms with Crippen molar-refractivity contribution in [3.8, 4) is 0 Å². The lowest BCUT2D eigenvalue weighted by Crippen LogP contribution is -2.30. The van der Waals surface area contributed by atoms with E-state index in [2.05, 4.69) is 55.4 Å². The van der Waals surface area contributed by atoms with Gasteiger partial charge in [0.25, 0.3) is 0 Å². The van der Waals surface area contributed by atoms with Crippen molar-refractivity contribution in [3.63, 3.8) is 0 Å². The Kier molecular flexibility index (Phi) is 58.5. The molecule has 17 nitrogen and oxygen atoms in total. The molecule has 0 aliphatic rings. The van der Waals surface area contributed by atoms with Gasteiger partial charge in [0, 0.05) is 25.7 Å². The second-order valence-electron chi connectivity index (χ2n) is 26.9. The van der Waals surface area contributed by atoms with Crippen LogP contribution in [0.3, 0.4) is 0 Å². The van der Waals surface area contributed by atoms with E-state index in [9.17, 15) is 43.2 Å². The summed E-state index contributed by atoms with van der Waals surface area (Å²) in [5.74, 6) is 0.803. The van der Waals surface area contributed by atoms with Gasteiger partial charge in [0.05, 0.1) is 26.4 Å². The zero-order valence-electron chi connectivity index (χ0n) is 58.1. The van der Waals surface area contributed by atoms with Crippen molar-refractivity contribution in [2.45, 2.75) is 363 Å². The molecule has 0 aromatic heterocycles. The van der Waals surface area contributed by atoms with E-state index in [0.29, 0.717) is 31.6 Å². The number of ether oxygens (including phenoxy) is 4. The second-order valence-corrected chi connectivity index (χ2v) is 29.8. The average Bonchev–Trinajstić information content (AvgIpc) is 3.70. The molecule has 0 saturated heterocycles. The molecule has 6 atom stereocenters. The molecule has 0 aromatic rings. The fourth-order valence-corrected chi connectivity index (χ4v) is 12.0. The van der Waals surface area contributed by atoms with E-state index in [1.165, 1.54) is 135 Å². The van der Waals surface area contributed by atoms with Crippen LogP contribution in [0.4, 0.5) is 0 Å². The lowest BCUT2D eigenvalue weighted by Gasteiger charge is -2.21. The Labute approximate surface area is 543 Å². The number of esters is 4. The number of aliphatic hydroxyl groups excluding tert-OH is 1. The molecule has 0 heterocycles. The third-order valence-corrected chi connectivity index (χ3v) is 18.3. The summed E-state index contributed by atoms with van der Waals surface area (Å²) >= 11 is 0. The van der Waals surface area contributed by atoms with Crippen molar-refractivity contribution in [1.29, 1.82) is 0 Å². The van der Waals surface area contributed by atoms with Crippen LogP contribution in [0.1, 0.15) is 344 Å². The first kappa shape index (κ1) is 87.1. The maximum atomic E-state index is 13.0. The molecule has 89 heavy (non-hydrogen) atoms. The molecule has 0 amide bonds. The minimum atomic E-state index is -4.95. The van der Waals surface area contributed by atoms with Crippen molar-refractivity contribution >= 4 is 39.5 Å². The summed E-state index contributed by atoms with van der Waals surface area (Å²) in [5.41, 5.74) is 0. The summed E-state index contributed by atoms with van der Waals surface area (Å²) < 4.78 is 68.2. The molecule has 3 N–H and O–H groups in total. The number of phosphoric acid groups is 2. The fraction of sp³-hybridized carbons (Fsp3) is 0.943. The Bertz CT molecular complexity index is 1770. The maximum Gasteiger partial charge on any atom is 0.472 e. The number of rotatable bonds is 67. The van der Waals surface area contributed by atoms with E-state index in [-0.39, 0.29) is 25.7 Å². The molecule has 0 rings (SSSR count). The zero-order chi connectivity index (χ0) is 66.1. The van der Waals surface area contributed by atoms with Gasteiger partial charge in [-0.05, 0) is 49.4 Å². The quantitative estimate of drug-likeness (QED) is 0.0222. The van der Waals surface area contributed by atoms with Crippen molar-refractivity contribution in [1.82, 2.24) is 0 Å². The Morgan fingerprint density at radius 1 is 0.315 bits per heavy atom. The number of aliphatic hydroxyl groups is 1. The van der Waals surface area contributed by atoms with Crippen LogP contribution >= 0.6 is 15.6 Å². The van der Waals surface area contributed by atoms with Crippen LogP contribution in [0.25, 0.3) is 0 Å². The third kappa shape index (κ3) is 63.2. The van der Waals surface area contributed by atoms with Gasteiger partial charge in [0.15, 0.2) is 12.2 Å². The summed E-state index contributed by atoms with van der Waals surface area (Å²) in [6, 6.07) is 0. The highest BCUT2D eigenvalue weighted by Gasteiger charge is 2.30. The van der Waals surface area contributed by atoms with E-state index in [4.69, 9.17) is 37.0 Å². The minimum Gasteiger partial charge on any atom is -0.462 e. The largest absolute Gasteiger partial charge is 0.472 e. The monoisotopic (exact) mass is 1310 g/mol. The van der Waals surface area contributed by atoms with E-state index in [1.54, 1.807) is 0 Å². The summed E-state index contributed by atoms with van der Waals surface area (Å²) in [4.78, 5) is 72.4. The molecular formula is C70H136O17P2. The Balaban J connectivity index is 5.19. The van der Waals surface area contributed by atoms with Gasteiger partial charge in [-0.3, -0.25) is 37.3 Å². The van der Waals surface area contributed by atoms with Crippen molar-refractivity contribution in [3.05, 3.63) is 0 Å². The predicted octanol–water partition coefficient (Wildman–Crippen LogP) is 19.7. The molecule has 3 unspecified atom stereocenters. The minimum absolute atomic E-state index is 0.103. The highest BCUT2D eigenvalue weighted by molar-refractivity contribution is 7.47. The first-order valence-corrected chi connectivity index (χ1v) is 39.2. The van der Waals surface area contributed by atoms with Crippen molar-refractivity contribution in [2.24, 2.45) is 23.7 Å². The number of carbonyl (C=O) groups excluding carboxylic acids is 4. The molecule has 0 aromatic carbocycles. The van der Waals surface area contributed by atoms with Crippen LogP contribution < -0.4 is 0 Å². The van der Waals surface area contributed by atoms with Crippen LogP contribution in [0.2, 0.25) is 0 Å². The SMILES string of the molecule is CCC(C)CCCCCCCCC(=O)OC[C@H](COP(=O)(O)OC[C@H](O)COP(=O)(O)OC[C@@H](COC(=O)CCCCCCCCC(C)C)OC(=O)CCCCCCCCCCC(C)C)OC(=O)CCCCCCCCCCCCCCCCCCC(C)C. The molecule has 528 valence electrons. The van der Waals surface area contributed by atoms with E-state index in [0.717, 1.165) is 120 Å². The van der Waals surface area contributed by atoms with Crippen molar-refractivity contribution in [2.75, 3.05) is 39.6 Å². The highest BCUT2D eigenvalue weighted by Crippen LogP contribution is 2.45. The van der Waals surface area contributed by atoms with Gasteiger partial charge in [0.2, 0.25) is 0 Å². The van der Waals surface area contributed by atoms with Crippen LogP contribution in [0.15, 0.2) is 0 Å². The molecular weight excluding hydrogens is 1170 g/mol. The Morgan fingerprint density at radius 2 is 0.539 bits per heavy atom. The van der Waals surface area contributed by atoms with Crippen LogP contribution in [0.5, 0.6) is 0 Å². The molecule has 0 bridgehead atoms. The van der Waals surface area contributed by atoms with Gasteiger partial charge in [-0.25, -0.2) is 9.13 Å². The van der Waals surface area contributed by atoms with Crippen LogP contribution in [-0.4, -0.2) is 96.7 Å². The van der Waals surface area contributed by atoms with Crippen LogP contribution in [-0.2, 0) is 65.4 Å². The number of carbonyl (C=O) groups is 4. The standard InChI is InChI=1S/C70H136O17P2/c1-9-63(8)49-41-33-27-29-35-43-51-68(73)81-57-66(86-69(74)52-44-36-24-19-17-15-13-11-10-12-14-16-18-22-30-38-46-60(2)3)59-85-89(78,79)83-55-64(71)54-82-88(76,77)84-58-65(56-80-67(72)50-42-34-28-26-32-40-48-62(6)7)87-70(75)53-45-37-25-21-20-23-31-39-47-61(4)5/h60-66,71H,9-59H2,1-8H3,(H,76,77)(H,78,79)/t63?,64-,65-,66-/m1/s1. The number of phosphoric ester groups is 2. The molecule has 0 aliphatic heterocycles. The average molecular weight is 1310 g/mol. The number of hydrogen-bond donors (Lipinski definition) is 3. The maximum absolute atomic E-state index is 13.0. The fourth-order valence-electron chi connectivity index (χ4n) is 10.5. The summed E-state index contributed by atoms with van der Waals surface area (Å²) in [6.07, 6.45) is 42.0. The molecule has 0 radical (unpaired) electrons. The van der Waals surface area contributed by atoms with Gasteiger partial charge in [-0.1, -0.05) is 293 Å². The Morgan fingerprint density at radius 3 is 0.798 bits per heavy atom. The smallest absolute Gasteiger partial charge is 0.462 e. The predicted molar refractivity (Wildman–Crippen MR) is 358 cm³/mol. The number of hydrogen-bond acceptors (Lipinski definition) is 15. The van der Waals surface area contributed by atoms with E-state index < -0.39 is 97.5 Å². The van der Waals surface area contributed by atoms with Gasteiger partial charge in [0.1, 0.15) is 19.3 Å². The van der Waals surface area contributed by atoms with Gasteiger partial charge < -0.3 is 33.8 Å². The van der Waals surface area contributed by atoms with E-state index in [1.807, 2.05) is 0 Å². The summed E-state index contributed by atoms with van der Waals surface area (Å²) in [7, 11) is -9.90. The molecule has 0 spiro atoms. The lowest BCUT2D eigenvalue weighted by molar-refractivity contribution is -0.161. The summed E-state index contributed by atoms with van der Waals surface area (Å²) in [5, 5.41) is 10.6. The Hall–Kier alpha value is -1.94. The van der Waals surface area contributed by atoms with Gasteiger partial charge in [-0.2, -0.15) is 0 Å². The second kappa shape index (κ2) is 59.8. The zero-order valence-corrected chi connectivity index (χ0v) is 59.8. The topological polar surface area (TPSA) is 237 Å². The molecule has 19 heteroatoms. The first-order valence-electron chi connectivity index (χ1n) is 36.2. The van der Waals surface area contributed by atoms with Crippen LogP contribution in [0, 0.1) is 23.7 Å². The summed E-state index contributed by atoms with van der Waals surface area (Å²) in [6.45, 7) is 14.0. The number of unbranched alkanes of at least 4 members (excludes halogenated alkanes) is 32. The molecule has 0 fully saturated rings. The van der Waals surface area contributed by atoms with Crippen molar-refractivity contribution < 1.29 is 80.2 Å². The highest BCUT2D eigenvalue weighted by atomic mass is 31.2. The van der Waals surface area contributed by atoms with Gasteiger partial charge in [-0.15, -0.1) is 0 Å². The normalized spacial score (nSPS) is 14.6. The van der Waals surface area contributed by atoms with Gasteiger partial charge >= 0.3 is 39.5 Å². The molecule has 0 aliphatic carbocycles. The van der Waals surface area contributed by atoms with E-state index >= 15 is 0 Å². The molecule has 0 saturated carbocycles. The third-order valence-electron chi connectivity index (χ3n) is 16.4. The first-order chi connectivity index (χ1) is 42.6. The lowest BCUT2D eigenvalue weighted by atomic mass is 10.00.